The number of hydrogen-bond acceptors (Lipinski definition) is 4. The summed E-state index contributed by atoms with van der Waals surface area (Å²) in [4.78, 5) is 25.9. The van der Waals surface area contributed by atoms with Crippen LogP contribution in [0, 0.1) is 6.92 Å². The number of anilines is 2. The van der Waals surface area contributed by atoms with Gasteiger partial charge < -0.3 is 5.32 Å². The fourth-order valence-corrected chi connectivity index (χ4v) is 3.37. The summed E-state index contributed by atoms with van der Waals surface area (Å²) in [7, 11) is 0. The molecule has 7 heteroatoms. The number of imide groups is 1. The van der Waals surface area contributed by atoms with Crippen LogP contribution in [0.15, 0.2) is 42.5 Å². The van der Waals surface area contributed by atoms with E-state index < -0.39 is 5.37 Å². The number of carbonyl (C=O) groups is 2. The summed E-state index contributed by atoms with van der Waals surface area (Å²) in [6.45, 7) is 1.95. The van der Waals surface area contributed by atoms with E-state index in [1.165, 1.54) is 4.90 Å². The molecule has 1 unspecified atom stereocenters. The van der Waals surface area contributed by atoms with Gasteiger partial charge in [-0.3, -0.25) is 9.59 Å². The van der Waals surface area contributed by atoms with Gasteiger partial charge >= 0.3 is 0 Å². The molecule has 1 aliphatic heterocycles. The molecule has 2 aromatic carbocycles. The van der Waals surface area contributed by atoms with E-state index in [0.29, 0.717) is 21.4 Å². The number of hydrogen-bond donors (Lipinski definition) is 1. The first kappa shape index (κ1) is 16.2. The quantitative estimate of drug-likeness (QED) is 0.835. The summed E-state index contributed by atoms with van der Waals surface area (Å²) in [6, 6.07) is 12.2. The first-order valence-electron chi connectivity index (χ1n) is 6.78. The van der Waals surface area contributed by atoms with Crippen LogP contribution < -0.4 is 10.2 Å². The number of aryl methyl sites for hydroxylation is 1. The van der Waals surface area contributed by atoms with Gasteiger partial charge in [0.1, 0.15) is 0 Å². The van der Waals surface area contributed by atoms with Crippen LogP contribution in [-0.4, -0.2) is 16.5 Å². The molecule has 1 heterocycles. The van der Waals surface area contributed by atoms with Crippen LogP contribution in [0.5, 0.6) is 0 Å². The Labute approximate surface area is 147 Å². The third-order valence-electron chi connectivity index (χ3n) is 3.36. The Bertz CT molecular complexity index is 780. The summed E-state index contributed by atoms with van der Waals surface area (Å²) >= 11 is 12.8. The Morgan fingerprint density at radius 2 is 1.74 bits per heavy atom. The SMILES string of the molecule is Cc1ccc(N2C(=O)SC(Nc3ccc(Cl)c(Cl)c3)C2=O)cc1. The zero-order valence-corrected chi connectivity index (χ0v) is 14.4. The number of nitrogens with zero attached hydrogens (tertiary/aromatic N) is 1. The number of amides is 2. The number of rotatable bonds is 3. The zero-order chi connectivity index (χ0) is 16.6. The molecule has 3 rings (SSSR count). The van der Waals surface area contributed by atoms with E-state index in [1.807, 2.05) is 19.1 Å². The molecular formula is C16H12Cl2N2O2S. The summed E-state index contributed by atoms with van der Waals surface area (Å²) in [6.07, 6.45) is 0. The minimum absolute atomic E-state index is 0.309. The lowest BCUT2D eigenvalue weighted by Crippen LogP contribution is -2.34. The second-order valence-corrected chi connectivity index (χ2v) is 6.92. The molecule has 0 aromatic heterocycles. The van der Waals surface area contributed by atoms with Crippen LogP contribution in [0.4, 0.5) is 16.2 Å². The van der Waals surface area contributed by atoms with Crippen molar-refractivity contribution in [1.29, 1.82) is 0 Å². The minimum Gasteiger partial charge on any atom is -0.365 e. The third kappa shape index (κ3) is 3.32. The van der Waals surface area contributed by atoms with Gasteiger partial charge in [-0.15, -0.1) is 0 Å². The summed E-state index contributed by atoms with van der Waals surface area (Å²) in [5.74, 6) is -0.310. The van der Waals surface area contributed by atoms with Gasteiger partial charge in [0.05, 0.1) is 15.7 Å². The van der Waals surface area contributed by atoms with E-state index in [2.05, 4.69) is 5.32 Å². The van der Waals surface area contributed by atoms with Gasteiger partial charge in [-0.05, 0) is 49.0 Å². The maximum Gasteiger partial charge on any atom is 0.295 e. The summed E-state index contributed by atoms with van der Waals surface area (Å²) < 4.78 is 0. The van der Waals surface area contributed by atoms with Crippen LogP contribution in [-0.2, 0) is 4.79 Å². The van der Waals surface area contributed by atoms with Crippen molar-refractivity contribution in [3.63, 3.8) is 0 Å². The predicted octanol–water partition coefficient (Wildman–Crippen LogP) is 4.94. The minimum atomic E-state index is -0.693. The van der Waals surface area contributed by atoms with Crippen LogP contribution in [0.2, 0.25) is 10.0 Å². The number of thioether (sulfide) groups is 1. The molecule has 118 valence electrons. The number of halogens is 2. The van der Waals surface area contributed by atoms with Crippen molar-refractivity contribution in [3.8, 4) is 0 Å². The molecule has 1 atom stereocenters. The molecular weight excluding hydrogens is 355 g/mol. The highest BCUT2D eigenvalue weighted by Gasteiger charge is 2.40. The third-order valence-corrected chi connectivity index (χ3v) is 5.03. The lowest BCUT2D eigenvalue weighted by Gasteiger charge is -2.15. The molecule has 1 N–H and O–H groups in total. The highest BCUT2D eigenvalue weighted by molar-refractivity contribution is 8.16. The van der Waals surface area contributed by atoms with Crippen molar-refractivity contribution >= 4 is 57.5 Å². The van der Waals surface area contributed by atoms with Gasteiger partial charge in [-0.1, -0.05) is 40.9 Å². The molecule has 0 saturated carbocycles. The van der Waals surface area contributed by atoms with Crippen molar-refractivity contribution in [3.05, 3.63) is 58.1 Å². The van der Waals surface area contributed by atoms with Crippen molar-refractivity contribution in [2.45, 2.75) is 12.3 Å². The first-order chi connectivity index (χ1) is 11.0. The molecule has 23 heavy (non-hydrogen) atoms. The van der Waals surface area contributed by atoms with Crippen molar-refractivity contribution < 1.29 is 9.59 Å². The highest BCUT2D eigenvalue weighted by atomic mass is 35.5. The highest BCUT2D eigenvalue weighted by Crippen LogP contribution is 2.33. The normalized spacial score (nSPS) is 17.7. The van der Waals surface area contributed by atoms with Crippen LogP contribution >= 0.6 is 35.0 Å². The van der Waals surface area contributed by atoms with E-state index in [0.717, 1.165) is 17.3 Å². The first-order valence-corrected chi connectivity index (χ1v) is 8.42. The molecule has 1 saturated heterocycles. The van der Waals surface area contributed by atoms with Gasteiger partial charge in [0.15, 0.2) is 5.37 Å². The predicted molar refractivity (Wildman–Crippen MR) is 95.5 cm³/mol. The Hall–Kier alpha value is -1.69. The Kier molecular flexibility index (Phi) is 4.53. The fraction of sp³-hybridized carbons (Fsp3) is 0.125. The van der Waals surface area contributed by atoms with Gasteiger partial charge in [-0.2, -0.15) is 0 Å². The van der Waals surface area contributed by atoms with Crippen LogP contribution in [0.3, 0.4) is 0 Å². The topological polar surface area (TPSA) is 49.4 Å². The van der Waals surface area contributed by atoms with Gasteiger partial charge in [0, 0.05) is 5.69 Å². The van der Waals surface area contributed by atoms with E-state index in [-0.39, 0.29) is 11.1 Å². The van der Waals surface area contributed by atoms with Crippen LogP contribution in [0.25, 0.3) is 0 Å². The molecule has 1 fully saturated rings. The largest absolute Gasteiger partial charge is 0.365 e. The molecule has 0 radical (unpaired) electrons. The lowest BCUT2D eigenvalue weighted by molar-refractivity contribution is -0.116. The molecule has 0 spiro atoms. The number of nitrogens with one attached hydrogen (secondary N) is 1. The average Bonchev–Trinajstić information content (AvgIpc) is 2.79. The maximum absolute atomic E-state index is 12.5. The second kappa shape index (κ2) is 6.43. The van der Waals surface area contributed by atoms with Gasteiger partial charge in [0.25, 0.3) is 11.1 Å². The Morgan fingerprint density at radius 1 is 1.04 bits per heavy atom. The lowest BCUT2D eigenvalue weighted by atomic mass is 10.2. The molecule has 0 aliphatic carbocycles. The van der Waals surface area contributed by atoms with Gasteiger partial charge in [-0.25, -0.2) is 4.90 Å². The van der Waals surface area contributed by atoms with E-state index >= 15 is 0 Å². The molecule has 2 aromatic rings. The Morgan fingerprint density at radius 3 is 2.39 bits per heavy atom. The molecule has 2 amide bonds. The van der Waals surface area contributed by atoms with Gasteiger partial charge in [0.2, 0.25) is 0 Å². The molecule has 1 aliphatic rings. The standard InChI is InChI=1S/C16H12Cl2N2O2S/c1-9-2-5-11(6-3-9)20-15(21)14(23-16(20)22)19-10-4-7-12(17)13(18)8-10/h2-8,14,19H,1H3. The van der Waals surface area contributed by atoms with E-state index in [4.69, 9.17) is 23.2 Å². The summed E-state index contributed by atoms with van der Waals surface area (Å²) in [5, 5.41) is 2.82. The average molecular weight is 367 g/mol. The van der Waals surface area contributed by atoms with E-state index in [9.17, 15) is 9.59 Å². The molecule has 0 bridgehead atoms. The number of benzene rings is 2. The smallest absolute Gasteiger partial charge is 0.295 e. The zero-order valence-electron chi connectivity index (χ0n) is 12.0. The van der Waals surface area contributed by atoms with Crippen molar-refractivity contribution in [1.82, 2.24) is 0 Å². The van der Waals surface area contributed by atoms with Crippen molar-refractivity contribution in [2.75, 3.05) is 10.2 Å². The monoisotopic (exact) mass is 366 g/mol. The van der Waals surface area contributed by atoms with Crippen molar-refractivity contribution in [2.24, 2.45) is 0 Å². The second-order valence-electron chi connectivity index (χ2n) is 5.05. The fourth-order valence-electron chi connectivity index (χ4n) is 2.17. The maximum atomic E-state index is 12.5. The van der Waals surface area contributed by atoms with E-state index in [1.54, 1.807) is 30.3 Å². The van der Waals surface area contributed by atoms with Crippen LogP contribution in [0.1, 0.15) is 5.56 Å². The Balaban J connectivity index is 1.80. The summed E-state index contributed by atoms with van der Waals surface area (Å²) in [5.41, 5.74) is 2.26. The molecule has 4 nitrogen and oxygen atoms in total. The number of carbonyl (C=O) groups excluding carboxylic acids is 2.